The van der Waals surface area contributed by atoms with Crippen molar-refractivity contribution in [3.63, 3.8) is 0 Å². The van der Waals surface area contributed by atoms with Crippen LogP contribution in [0.25, 0.3) is 0 Å². The van der Waals surface area contributed by atoms with Gasteiger partial charge in [0.25, 0.3) is 0 Å². The van der Waals surface area contributed by atoms with Crippen molar-refractivity contribution in [1.82, 2.24) is 0 Å². The van der Waals surface area contributed by atoms with Gasteiger partial charge in [-0.15, -0.1) is 0 Å². The molecule has 2 radical (unpaired) electrons. The minimum absolute atomic E-state index is 0. The molecule has 0 bridgehead atoms. The third kappa shape index (κ3) is 40.0. The largest absolute Gasteiger partial charge is 3.00 e. The Hall–Kier alpha value is 1.11. The maximum Gasteiger partial charge on any atom is 3.00 e. The van der Waals surface area contributed by atoms with Crippen molar-refractivity contribution >= 4 is 0 Å². The van der Waals surface area contributed by atoms with E-state index in [1.54, 1.807) is 0 Å². The monoisotopic (exact) mass is 152 g/mol. The molecule has 0 aliphatic carbocycles. The third-order valence-electron chi connectivity index (χ3n) is 0. The SMILES string of the molecule is [Fe+3].[O-2].[O-2].[O-2].[Ti+3]. The molecular weight excluding hydrogens is 152 g/mol. The van der Waals surface area contributed by atoms with Crippen LogP contribution in [0.4, 0.5) is 0 Å². The van der Waals surface area contributed by atoms with E-state index in [9.17, 15) is 0 Å². The minimum atomic E-state index is 0. The fourth-order valence-corrected chi connectivity index (χ4v) is 0. The van der Waals surface area contributed by atoms with E-state index in [-0.39, 0.29) is 55.2 Å². The van der Waals surface area contributed by atoms with Crippen LogP contribution >= 0.6 is 0 Å². The summed E-state index contributed by atoms with van der Waals surface area (Å²) in [6, 6.07) is 0. The normalized spacial score (nSPS) is 0. The second-order valence-electron chi connectivity index (χ2n) is 0. The predicted molar refractivity (Wildman–Crippen MR) is 2.06 cm³/mol. The molecule has 0 unspecified atom stereocenters. The van der Waals surface area contributed by atoms with Crippen LogP contribution in [0.1, 0.15) is 0 Å². The van der Waals surface area contributed by atoms with Gasteiger partial charge in [-0.3, -0.25) is 0 Å². The molecule has 0 fully saturated rings. The van der Waals surface area contributed by atoms with Gasteiger partial charge >= 0.3 is 38.8 Å². The van der Waals surface area contributed by atoms with Gasteiger partial charge in [0.1, 0.15) is 0 Å². The van der Waals surface area contributed by atoms with Gasteiger partial charge in [0, 0.05) is 0 Å². The first-order valence-corrected chi connectivity index (χ1v) is 0. The Balaban J connectivity index is 0. The molecule has 30 valence electrons. The molecule has 0 aromatic rings. The standard InChI is InChI=1S/Fe.3O.Ti/q+3;3*-2;+3. The molecule has 5 heavy (non-hydrogen) atoms. The topological polar surface area (TPSA) is 85.5 Å². The molecule has 0 saturated carbocycles. The van der Waals surface area contributed by atoms with Crippen molar-refractivity contribution < 1.29 is 55.2 Å². The van der Waals surface area contributed by atoms with Crippen molar-refractivity contribution in [2.24, 2.45) is 0 Å². The number of hydrogen-bond donors (Lipinski definition) is 0. The van der Waals surface area contributed by atoms with Crippen LogP contribution in [-0.2, 0) is 55.2 Å². The molecular formula is FeO3Ti. The summed E-state index contributed by atoms with van der Waals surface area (Å²) >= 11 is 0. The van der Waals surface area contributed by atoms with Crippen molar-refractivity contribution in [2.45, 2.75) is 0 Å². The molecule has 0 amide bonds. The van der Waals surface area contributed by atoms with E-state index >= 15 is 0 Å². The first-order chi connectivity index (χ1) is 0. The molecule has 0 heterocycles. The molecule has 3 nitrogen and oxygen atoms in total. The first kappa shape index (κ1) is 129. The maximum atomic E-state index is 0. The zero-order valence-corrected chi connectivity index (χ0v) is 4.74. The van der Waals surface area contributed by atoms with Gasteiger partial charge in [-0.25, -0.2) is 0 Å². The summed E-state index contributed by atoms with van der Waals surface area (Å²) in [5, 5.41) is 0. The van der Waals surface area contributed by atoms with E-state index in [0.717, 1.165) is 0 Å². The van der Waals surface area contributed by atoms with Gasteiger partial charge in [0.15, 0.2) is 0 Å². The second kappa shape index (κ2) is 69.8. The third-order valence-corrected chi connectivity index (χ3v) is 0. The van der Waals surface area contributed by atoms with Gasteiger partial charge in [-0.2, -0.15) is 0 Å². The van der Waals surface area contributed by atoms with Crippen LogP contribution in [0.15, 0.2) is 0 Å². The Kier molecular flexibility index (Phi) is 1800. The van der Waals surface area contributed by atoms with Crippen molar-refractivity contribution in [3.05, 3.63) is 0 Å². The molecule has 0 saturated heterocycles. The smallest absolute Gasteiger partial charge is 2.00 e. The Labute approximate surface area is 55.4 Å². The zero-order valence-electron chi connectivity index (χ0n) is 2.08. The average Bonchev–Trinajstić information content (AvgIpc) is 0. The summed E-state index contributed by atoms with van der Waals surface area (Å²) in [5.74, 6) is 0. The van der Waals surface area contributed by atoms with Crippen LogP contribution in [-0.4, -0.2) is 0 Å². The summed E-state index contributed by atoms with van der Waals surface area (Å²) < 4.78 is 0. The number of hydrogen-bond acceptors (Lipinski definition) is 0. The van der Waals surface area contributed by atoms with Crippen LogP contribution in [0.5, 0.6) is 0 Å². The molecule has 0 aromatic carbocycles. The summed E-state index contributed by atoms with van der Waals surface area (Å²) in [6.45, 7) is 0. The zero-order chi connectivity index (χ0) is 0. The Bertz CT molecular complexity index is 6.85. The van der Waals surface area contributed by atoms with E-state index in [2.05, 4.69) is 0 Å². The van der Waals surface area contributed by atoms with E-state index in [0.29, 0.717) is 0 Å². The Morgan fingerprint density at radius 1 is 0.600 bits per heavy atom. The fraction of sp³-hybridized carbons (Fsp3) is 0. The van der Waals surface area contributed by atoms with Crippen molar-refractivity contribution in [2.75, 3.05) is 0 Å². The molecule has 0 aliphatic rings. The van der Waals surface area contributed by atoms with Crippen LogP contribution < -0.4 is 0 Å². The molecule has 0 aromatic heterocycles. The van der Waals surface area contributed by atoms with Crippen LogP contribution in [0.3, 0.4) is 0 Å². The van der Waals surface area contributed by atoms with E-state index in [1.165, 1.54) is 0 Å². The molecule has 0 spiro atoms. The van der Waals surface area contributed by atoms with Crippen LogP contribution in [0.2, 0.25) is 0 Å². The van der Waals surface area contributed by atoms with Gasteiger partial charge in [-0.1, -0.05) is 0 Å². The number of rotatable bonds is 0. The van der Waals surface area contributed by atoms with Gasteiger partial charge in [0.05, 0.1) is 0 Å². The minimum Gasteiger partial charge on any atom is -2.00 e. The second-order valence-corrected chi connectivity index (χ2v) is 0. The van der Waals surface area contributed by atoms with Gasteiger partial charge < -0.3 is 16.4 Å². The molecule has 0 aliphatic heterocycles. The summed E-state index contributed by atoms with van der Waals surface area (Å²) in [6.07, 6.45) is 0. The molecule has 0 N–H and O–H groups in total. The fourth-order valence-electron chi connectivity index (χ4n) is 0. The predicted octanol–water partition coefficient (Wildman–Crippen LogP) is -0.361. The van der Waals surface area contributed by atoms with Crippen molar-refractivity contribution in [3.8, 4) is 0 Å². The molecule has 0 rings (SSSR count). The summed E-state index contributed by atoms with van der Waals surface area (Å²) in [7, 11) is 0. The van der Waals surface area contributed by atoms with E-state index in [4.69, 9.17) is 0 Å². The van der Waals surface area contributed by atoms with Gasteiger partial charge in [-0.05, 0) is 0 Å². The maximum absolute atomic E-state index is 0. The van der Waals surface area contributed by atoms with Crippen molar-refractivity contribution in [1.29, 1.82) is 0 Å². The Morgan fingerprint density at radius 2 is 0.600 bits per heavy atom. The van der Waals surface area contributed by atoms with E-state index in [1.807, 2.05) is 0 Å². The molecule has 5 heteroatoms. The molecule has 0 atom stereocenters. The Morgan fingerprint density at radius 3 is 0.600 bits per heavy atom. The summed E-state index contributed by atoms with van der Waals surface area (Å²) in [4.78, 5) is 0. The summed E-state index contributed by atoms with van der Waals surface area (Å²) in [5.41, 5.74) is 0. The van der Waals surface area contributed by atoms with Gasteiger partial charge in [0.2, 0.25) is 0 Å². The average molecular weight is 152 g/mol. The van der Waals surface area contributed by atoms with Crippen LogP contribution in [0, 0.1) is 0 Å². The first-order valence-electron chi connectivity index (χ1n) is 0. The van der Waals surface area contributed by atoms with E-state index < -0.39 is 0 Å². The quantitative estimate of drug-likeness (QED) is 0.424.